The molecule has 0 aliphatic heterocycles. The molecule has 1 heterocycles. The lowest BCUT2D eigenvalue weighted by Crippen LogP contribution is -2.19. The Kier molecular flexibility index (Phi) is 2.09. The molecule has 0 bridgehead atoms. The first kappa shape index (κ1) is 8.26. The van der Waals surface area contributed by atoms with E-state index in [1.54, 1.807) is 0 Å². The molecule has 0 amide bonds. The van der Waals surface area contributed by atoms with Crippen LogP contribution >= 0.6 is 0 Å². The zero-order valence-electron chi connectivity index (χ0n) is 6.19. The lowest BCUT2D eigenvalue weighted by atomic mass is 10.2. The first-order chi connectivity index (χ1) is 5.66. The Balaban J connectivity index is 3.35. The van der Waals surface area contributed by atoms with E-state index >= 15 is 0 Å². The number of nitrogens with zero attached hydrogens (tertiary/aromatic N) is 1. The summed E-state index contributed by atoms with van der Waals surface area (Å²) < 4.78 is 0.0456. The van der Waals surface area contributed by atoms with Gasteiger partial charge < -0.3 is 9.94 Å². The van der Waals surface area contributed by atoms with Gasteiger partial charge >= 0.3 is 0 Å². The van der Waals surface area contributed by atoms with Crippen LogP contribution in [0.25, 0.3) is 0 Å². The summed E-state index contributed by atoms with van der Waals surface area (Å²) in [5.41, 5.74) is -0.944. The van der Waals surface area contributed by atoms with Crippen LogP contribution in [0.3, 0.4) is 0 Å². The third-order valence-corrected chi connectivity index (χ3v) is 1.35. The minimum absolute atomic E-state index is 0.0456. The zero-order chi connectivity index (χ0) is 9.14. The van der Waals surface area contributed by atoms with Gasteiger partial charge in [-0.3, -0.25) is 9.59 Å². The van der Waals surface area contributed by atoms with Crippen LogP contribution in [-0.2, 0) is 0 Å². The molecule has 0 aliphatic carbocycles. The maximum Gasteiger partial charge on any atom is 0.246 e. The van der Waals surface area contributed by atoms with Gasteiger partial charge in [-0.1, -0.05) is 12.6 Å². The molecule has 0 N–H and O–H groups in total. The Morgan fingerprint density at radius 3 is 2.83 bits per heavy atom. The minimum Gasteiger partial charge on any atom is -0.803 e. The monoisotopic (exact) mass is 164 g/mol. The Bertz CT molecular complexity index is 378. The van der Waals surface area contributed by atoms with Crippen molar-refractivity contribution in [3.05, 3.63) is 52.1 Å². The van der Waals surface area contributed by atoms with Crippen molar-refractivity contribution in [1.29, 1.82) is 0 Å². The highest BCUT2D eigenvalue weighted by Crippen LogP contribution is 1.96. The van der Waals surface area contributed by atoms with Gasteiger partial charge in [0.05, 0.1) is 5.69 Å². The summed E-state index contributed by atoms with van der Waals surface area (Å²) in [6, 6.07) is 3.72. The average Bonchev–Trinajstić information content (AvgIpc) is 2.08. The van der Waals surface area contributed by atoms with Crippen molar-refractivity contribution in [2.45, 2.75) is 0 Å². The molecular formula is C8H6NO3-. The fourth-order valence-electron chi connectivity index (χ4n) is 0.762. The summed E-state index contributed by atoms with van der Waals surface area (Å²) in [5, 5.41) is 10.9. The SMILES string of the molecule is C=CC(=O)c1cccc(=O)n1[O-]. The summed E-state index contributed by atoms with van der Waals surface area (Å²) >= 11 is 0. The molecule has 1 aromatic rings. The summed E-state index contributed by atoms with van der Waals surface area (Å²) in [7, 11) is 0. The molecule has 0 saturated heterocycles. The van der Waals surface area contributed by atoms with Gasteiger partial charge in [0, 0.05) is 6.07 Å². The fraction of sp³-hybridized carbons (Fsp3) is 0. The Hall–Kier alpha value is -1.84. The molecule has 0 unspecified atom stereocenters. The van der Waals surface area contributed by atoms with Crippen LogP contribution in [0.1, 0.15) is 10.5 Å². The molecule has 0 radical (unpaired) electrons. The van der Waals surface area contributed by atoms with Crippen molar-refractivity contribution < 1.29 is 4.79 Å². The third-order valence-electron chi connectivity index (χ3n) is 1.35. The maximum atomic E-state index is 10.9. The van der Waals surface area contributed by atoms with Crippen LogP contribution < -0.4 is 5.56 Å². The number of pyridine rings is 1. The Morgan fingerprint density at radius 1 is 1.58 bits per heavy atom. The molecule has 4 heteroatoms. The van der Waals surface area contributed by atoms with Gasteiger partial charge in [-0.25, -0.2) is 0 Å². The van der Waals surface area contributed by atoms with Crippen molar-refractivity contribution in [2.24, 2.45) is 0 Å². The van der Waals surface area contributed by atoms with E-state index in [1.807, 2.05) is 0 Å². The molecule has 0 atom stereocenters. The second-order valence-corrected chi connectivity index (χ2v) is 2.11. The lowest BCUT2D eigenvalue weighted by molar-refractivity contribution is 0.104. The molecule has 4 nitrogen and oxygen atoms in total. The topological polar surface area (TPSA) is 62.1 Å². The van der Waals surface area contributed by atoms with Gasteiger partial charge in [-0.05, 0) is 12.1 Å². The van der Waals surface area contributed by atoms with E-state index in [4.69, 9.17) is 0 Å². The molecule has 0 saturated carbocycles. The molecule has 1 aromatic heterocycles. The van der Waals surface area contributed by atoms with Gasteiger partial charge in [0.25, 0.3) is 0 Å². The van der Waals surface area contributed by atoms with Crippen molar-refractivity contribution in [3.8, 4) is 0 Å². The van der Waals surface area contributed by atoms with E-state index in [0.29, 0.717) is 0 Å². The van der Waals surface area contributed by atoms with E-state index in [0.717, 1.165) is 12.1 Å². The van der Waals surface area contributed by atoms with Gasteiger partial charge in [0.15, 0.2) is 0 Å². The van der Waals surface area contributed by atoms with Crippen molar-refractivity contribution >= 4 is 5.78 Å². The van der Waals surface area contributed by atoms with E-state index in [-0.39, 0.29) is 10.4 Å². The minimum atomic E-state index is -0.747. The highest BCUT2D eigenvalue weighted by Gasteiger charge is 2.01. The van der Waals surface area contributed by atoms with Gasteiger partial charge in [-0.15, -0.1) is 0 Å². The zero-order valence-corrected chi connectivity index (χ0v) is 6.19. The second kappa shape index (κ2) is 3.04. The number of hydrogen-bond acceptors (Lipinski definition) is 3. The predicted molar refractivity (Wildman–Crippen MR) is 44.0 cm³/mol. The van der Waals surface area contributed by atoms with E-state index in [9.17, 15) is 14.8 Å². The number of carbonyl (C=O) groups excluding carboxylic acids is 1. The molecule has 12 heavy (non-hydrogen) atoms. The Morgan fingerprint density at radius 2 is 2.25 bits per heavy atom. The van der Waals surface area contributed by atoms with Gasteiger partial charge in [-0.2, -0.15) is 0 Å². The summed E-state index contributed by atoms with van der Waals surface area (Å²) in [4.78, 5) is 21.6. The summed E-state index contributed by atoms with van der Waals surface area (Å²) in [5.74, 6) is -0.553. The van der Waals surface area contributed by atoms with Crippen LogP contribution in [0.4, 0.5) is 0 Å². The van der Waals surface area contributed by atoms with Gasteiger partial charge in [0.2, 0.25) is 11.3 Å². The number of rotatable bonds is 2. The lowest BCUT2D eigenvalue weighted by Gasteiger charge is -2.12. The van der Waals surface area contributed by atoms with E-state index < -0.39 is 11.3 Å². The van der Waals surface area contributed by atoms with Crippen LogP contribution in [0.15, 0.2) is 35.6 Å². The summed E-state index contributed by atoms with van der Waals surface area (Å²) in [6.45, 7) is 3.20. The fourth-order valence-corrected chi connectivity index (χ4v) is 0.762. The quantitative estimate of drug-likeness (QED) is 0.474. The number of carbonyl (C=O) groups is 1. The predicted octanol–water partition coefficient (Wildman–Crippen LogP) is 0.563. The molecule has 0 aliphatic rings. The molecule has 1 rings (SSSR count). The normalized spacial score (nSPS) is 9.33. The number of ketones is 1. The summed E-state index contributed by atoms with van der Waals surface area (Å²) in [6.07, 6.45) is 0.989. The molecular weight excluding hydrogens is 158 g/mol. The Labute approximate surface area is 68.3 Å². The number of aromatic nitrogens is 1. The van der Waals surface area contributed by atoms with E-state index in [2.05, 4.69) is 6.58 Å². The first-order valence-electron chi connectivity index (χ1n) is 3.23. The smallest absolute Gasteiger partial charge is 0.246 e. The second-order valence-electron chi connectivity index (χ2n) is 2.11. The highest BCUT2D eigenvalue weighted by atomic mass is 16.5. The van der Waals surface area contributed by atoms with Crippen LogP contribution in [0, 0.1) is 5.21 Å². The number of hydrogen-bond donors (Lipinski definition) is 0. The maximum absolute atomic E-state index is 10.9. The van der Waals surface area contributed by atoms with Crippen molar-refractivity contribution in [2.75, 3.05) is 0 Å². The number of allylic oxidation sites excluding steroid dienone is 1. The van der Waals surface area contributed by atoms with Crippen LogP contribution in [0.5, 0.6) is 0 Å². The molecule has 0 fully saturated rings. The van der Waals surface area contributed by atoms with Crippen molar-refractivity contribution in [3.63, 3.8) is 0 Å². The molecule has 0 spiro atoms. The molecule has 0 aromatic carbocycles. The van der Waals surface area contributed by atoms with Crippen LogP contribution in [-0.4, -0.2) is 10.5 Å². The van der Waals surface area contributed by atoms with E-state index in [1.165, 1.54) is 12.1 Å². The first-order valence-corrected chi connectivity index (χ1v) is 3.23. The standard InChI is InChI=1S/C8H6NO3/c1-2-7(10)6-4-3-5-8(11)9(6)12/h2-5H,1H2/q-1. The van der Waals surface area contributed by atoms with Crippen molar-refractivity contribution in [1.82, 2.24) is 4.73 Å². The average molecular weight is 164 g/mol. The van der Waals surface area contributed by atoms with Gasteiger partial charge in [0.1, 0.15) is 0 Å². The third kappa shape index (κ3) is 1.27. The largest absolute Gasteiger partial charge is 0.803 e. The highest BCUT2D eigenvalue weighted by molar-refractivity contribution is 6.02. The molecule has 62 valence electrons. The van der Waals surface area contributed by atoms with Crippen LogP contribution in [0.2, 0.25) is 0 Å².